The number of ether oxygens (including phenoxy) is 2. The number of benzene rings is 1. The minimum Gasteiger partial charge on any atom is -0.495 e. The molecule has 1 unspecified atom stereocenters. The quantitative estimate of drug-likeness (QED) is 0.779. The summed E-state index contributed by atoms with van der Waals surface area (Å²) in [5.41, 5.74) is 1.30. The van der Waals surface area contributed by atoms with Crippen molar-refractivity contribution >= 4 is 29.1 Å². The third-order valence-electron chi connectivity index (χ3n) is 3.63. The molecule has 1 aliphatic rings. The fraction of sp³-hybridized carbons (Fsp3) is 0.500. The number of hydrogen-bond donors (Lipinski definition) is 2. The van der Waals surface area contributed by atoms with Crippen LogP contribution in [0.1, 0.15) is 24.8 Å². The Balaban J connectivity index is 1.86. The summed E-state index contributed by atoms with van der Waals surface area (Å²) in [7, 11) is 1.49. The van der Waals surface area contributed by atoms with Crippen molar-refractivity contribution in [2.24, 2.45) is 0 Å². The maximum Gasteiger partial charge on any atom is 0.233 e. The van der Waals surface area contributed by atoms with E-state index < -0.39 is 5.91 Å². The molecule has 0 bridgehead atoms. The zero-order valence-electron chi connectivity index (χ0n) is 13.3. The number of anilines is 1. The second kappa shape index (κ2) is 8.17. The fourth-order valence-corrected chi connectivity index (χ4v) is 2.52. The van der Waals surface area contributed by atoms with Crippen molar-refractivity contribution in [2.45, 2.75) is 32.3 Å². The predicted molar refractivity (Wildman–Crippen MR) is 88.0 cm³/mol. The summed E-state index contributed by atoms with van der Waals surface area (Å²) in [6.07, 6.45) is 1.75. The summed E-state index contributed by atoms with van der Waals surface area (Å²) in [6, 6.07) is 3.34. The summed E-state index contributed by atoms with van der Waals surface area (Å²) in [5.74, 6) is -0.286. The number of methoxy groups -OCH3 is 1. The molecule has 2 N–H and O–H groups in total. The van der Waals surface area contributed by atoms with Gasteiger partial charge in [0.1, 0.15) is 12.2 Å². The second-order valence-electron chi connectivity index (χ2n) is 5.47. The van der Waals surface area contributed by atoms with Crippen LogP contribution >= 0.6 is 11.6 Å². The second-order valence-corrected chi connectivity index (χ2v) is 5.87. The van der Waals surface area contributed by atoms with Crippen molar-refractivity contribution in [2.75, 3.05) is 25.6 Å². The number of rotatable bonds is 6. The van der Waals surface area contributed by atoms with E-state index in [1.807, 2.05) is 6.92 Å². The molecule has 2 rings (SSSR count). The molecule has 2 amide bonds. The van der Waals surface area contributed by atoms with Gasteiger partial charge in [-0.25, -0.2) is 0 Å². The summed E-state index contributed by atoms with van der Waals surface area (Å²) in [6.45, 7) is 3.00. The molecule has 1 fully saturated rings. The Bertz CT molecular complexity index is 586. The third kappa shape index (κ3) is 5.11. The molecule has 0 saturated carbocycles. The van der Waals surface area contributed by atoms with Gasteiger partial charge in [-0.3, -0.25) is 9.59 Å². The van der Waals surface area contributed by atoms with Gasteiger partial charge in [0.05, 0.1) is 18.9 Å². The molecule has 1 aromatic carbocycles. The Labute approximate surface area is 140 Å². The topological polar surface area (TPSA) is 76.7 Å². The van der Waals surface area contributed by atoms with Crippen molar-refractivity contribution in [3.63, 3.8) is 0 Å². The van der Waals surface area contributed by atoms with Gasteiger partial charge in [0.15, 0.2) is 0 Å². The van der Waals surface area contributed by atoms with Crippen LogP contribution in [0, 0.1) is 6.92 Å². The number of amides is 2. The molecule has 126 valence electrons. The molecule has 0 aromatic heterocycles. The molecule has 0 spiro atoms. The molecule has 1 aliphatic heterocycles. The highest BCUT2D eigenvalue weighted by Gasteiger charge is 2.18. The molecule has 6 nitrogen and oxygen atoms in total. The highest BCUT2D eigenvalue weighted by molar-refractivity contribution is 6.31. The van der Waals surface area contributed by atoms with Crippen LogP contribution in [0.15, 0.2) is 12.1 Å². The average Bonchev–Trinajstić information content (AvgIpc) is 3.02. The van der Waals surface area contributed by atoms with Crippen molar-refractivity contribution in [3.05, 3.63) is 22.7 Å². The van der Waals surface area contributed by atoms with Gasteiger partial charge in [0.2, 0.25) is 11.8 Å². The Morgan fingerprint density at radius 3 is 2.83 bits per heavy atom. The van der Waals surface area contributed by atoms with Gasteiger partial charge >= 0.3 is 0 Å². The standard InChI is InChI=1S/C16H21ClN2O4/c1-10-6-13(14(22-2)7-12(10)17)19-16(21)8-15(20)18-9-11-4-3-5-23-11/h6-7,11H,3-5,8-9H2,1-2H3,(H,18,20)(H,19,21). The molecule has 1 heterocycles. The number of carbonyl (C=O) groups excluding carboxylic acids is 2. The first kappa shape index (κ1) is 17.6. The van der Waals surface area contributed by atoms with Crippen LogP contribution in [0.3, 0.4) is 0 Å². The molecule has 7 heteroatoms. The van der Waals surface area contributed by atoms with Crippen molar-refractivity contribution < 1.29 is 19.1 Å². The summed E-state index contributed by atoms with van der Waals surface area (Å²) < 4.78 is 10.6. The van der Waals surface area contributed by atoms with E-state index in [2.05, 4.69) is 10.6 Å². The summed E-state index contributed by atoms with van der Waals surface area (Å²) >= 11 is 6.02. The molecular weight excluding hydrogens is 320 g/mol. The van der Waals surface area contributed by atoms with Crippen molar-refractivity contribution in [1.29, 1.82) is 0 Å². The highest BCUT2D eigenvalue weighted by atomic mass is 35.5. The van der Waals surface area contributed by atoms with Crippen LogP contribution in [-0.4, -0.2) is 38.2 Å². The molecule has 0 aliphatic carbocycles. The number of hydrogen-bond acceptors (Lipinski definition) is 4. The van der Waals surface area contributed by atoms with Gasteiger partial charge in [-0.2, -0.15) is 0 Å². The smallest absolute Gasteiger partial charge is 0.233 e. The largest absolute Gasteiger partial charge is 0.495 e. The first-order valence-corrected chi connectivity index (χ1v) is 7.89. The Kier molecular flexibility index (Phi) is 6.24. The number of nitrogens with one attached hydrogen (secondary N) is 2. The fourth-order valence-electron chi connectivity index (χ4n) is 2.37. The Morgan fingerprint density at radius 2 is 2.17 bits per heavy atom. The summed E-state index contributed by atoms with van der Waals surface area (Å²) in [4.78, 5) is 23.8. The van der Waals surface area contributed by atoms with Crippen LogP contribution < -0.4 is 15.4 Å². The van der Waals surface area contributed by atoms with Crippen LogP contribution in [0.25, 0.3) is 0 Å². The number of aryl methyl sites for hydroxylation is 1. The van der Waals surface area contributed by atoms with Gasteiger partial charge in [0, 0.05) is 24.2 Å². The molecular formula is C16H21ClN2O4. The summed E-state index contributed by atoms with van der Waals surface area (Å²) in [5, 5.41) is 5.94. The minimum atomic E-state index is -0.408. The maximum atomic E-state index is 12.0. The lowest BCUT2D eigenvalue weighted by molar-refractivity contribution is -0.127. The monoisotopic (exact) mass is 340 g/mol. The van der Waals surface area contributed by atoms with Gasteiger partial charge < -0.3 is 20.1 Å². The lowest BCUT2D eigenvalue weighted by Gasteiger charge is -2.13. The van der Waals surface area contributed by atoms with Crippen LogP contribution in [-0.2, 0) is 14.3 Å². The predicted octanol–water partition coefficient (Wildman–Crippen LogP) is 2.28. The van der Waals surface area contributed by atoms with Gasteiger partial charge in [-0.05, 0) is 31.4 Å². The van der Waals surface area contributed by atoms with Crippen LogP contribution in [0.4, 0.5) is 5.69 Å². The first-order valence-electron chi connectivity index (χ1n) is 7.52. The molecule has 23 heavy (non-hydrogen) atoms. The lowest BCUT2D eigenvalue weighted by Crippen LogP contribution is -2.34. The minimum absolute atomic E-state index is 0.0565. The van der Waals surface area contributed by atoms with Gasteiger partial charge in [-0.15, -0.1) is 0 Å². The molecule has 1 saturated heterocycles. The molecule has 1 aromatic rings. The van der Waals surface area contributed by atoms with E-state index in [9.17, 15) is 9.59 Å². The normalized spacial score (nSPS) is 16.9. The van der Waals surface area contributed by atoms with Crippen LogP contribution in [0.5, 0.6) is 5.75 Å². The first-order chi connectivity index (χ1) is 11.0. The molecule has 0 radical (unpaired) electrons. The Morgan fingerprint density at radius 1 is 1.39 bits per heavy atom. The lowest BCUT2D eigenvalue weighted by atomic mass is 10.2. The highest BCUT2D eigenvalue weighted by Crippen LogP contribution is 2.30. The van der Waals surface area contributed by atoms with E-state index in [1.54, 1.807) is 12.1 Å². The zero-order chi connectivity index (χ0) is 16.8. The van der Waals surface area contributed by atoms with E-state index in [0.29, 0.717) is 23.0 Å². The number of halogens is 1. The zero-order valence-corrected chi connectivity index (χ0v) is 14.0. The van der Waals surface area contributed by atoms with E-state index in [-0.39, 0.29) is 18.4 Å². The van der Waals surface area contributed by atoms with Crippen molar-refractivity contribution in [3.8, 4) is 5.75 Å². The average molecular weight is 341 g/mol. The van der Waals surface area contributed by atoms with Gasteiger partial charge in [-0.1, -0.05) is 11.6 Å². The third-order valence-corrected chi connectivity index (χ3v) is 4.03. The van der Waals surface area contributed by atoms with E-state index >= 15 is 0 Å². The van der Waals surface area contributed by atoms with E-state index in [4.69, 9.17) is 21.1 Å². The SMILES string of the molecule is COc1cc(Cl)c(C)cc1NC(=O)CC(=O)NCC1CCCO1. The number of carbonyl (C=O) groups is 2. The van der Waals surface area contributed by atoms with E-state index in [0.717, 1.165) is 25.0 Å². The van der Waals surface area contributed by atoms with Gasteiger partial charge in [0.25, 0.3) is 0 Å². The van der Waals surface area contributed by atoms with E-state index in [1.165, 1.54) is 7.11 Å². The van der Waals surface area contributed by atoms with Crippen molar-refractivity contribution in [1.82, 2.24) is 5.32 Å². The maximum absolute atomic E-state index is 12.0. The van der Waals surface area contributed by atoms with Crippen LogP contribution in [0.2, 0.25) is 5.02 Å². The Hall–Kier alpha value is -1.79. The molecule has 1 atom stereocenters.